The zero-order valence-electron chi connectivity index (χ0n) is 17.0. The third-order valence-electron chi connectivity index (χ3n) is 5.23. The molecule has 0 bridgehead atoms. The Morgan fingerprint density at radius 3 is 2.57 bits per heavy atom. The van der Waals surface area contributed by atoms with Gasteiger partial charge in [0.25, 0.3) is 0 Å². The first-order chi connectivity index (χ1) is 14.7. The van der Waals surface area contributed by atoms with Crippen LogP contribution in [0.2, 0.25) is 0 Å². The van der Waals surface area contributed by atoms with Gasteiger partial charge in [0.15, 0.2) is 0 Å². The zero-order chi connectivity index (χ0) is 20.8. The predicted octanol–water partition coefficient (Wildman–Crippen LogP) is 4.16. The molecule has 0 aliphatic heterocycles. The number of nitrogens with zero attached hydrogens (tertiary/aromatic N) is 2. The first kappa shape index (κ1) is 19.9. The van der Waals surface area contributed by atoms with Crippen molar-refractivity contribution in [2.24, 2.45) is 5.92 Å². The maximum Gasteiger partial charge on any atom is 0.328 e. The SMILES string of the molecule is COC(=O)C(Cc1ccccc1)Nc1cc(-c2ccc(NCC3CC3)cc2)ncn1. The molecule has 3 aromatic rings. The van der Waals surface area contributed by atoms with Crippen LogP contribution in [0.4, 0.5) is 11.5 Å². The molecule has 1 fully saturated rings. The largest absolute Gasteiger partial charge is 0.467 e. The van der Waals surface area contributed by atoms with Crippen molar-refractivity contribution in [3.63, 3.8) is 0 Å². The highest BCUT2D eigenvalue weighted by Gasteiger charge is 2.21. The lowest BCUT2D eigenvalue weighted by Gasteiger charge is -2.17. The fourth-order valence-corrected chi connectivity index (χ4v) is 3.30. The van der Waals surface area contributed by atoms with Crippen molar-refractivity contribution in [3.8, 4) is 11.3 Å². The van der Waals surface area contributed by atoms with Crippen LogP contribution in [-0.4, -0.2) is 35.6 Å². The van der Waals surface area contributed by atoms with Gasteiger partial charge >= 0.3 is 5.97 Å². The summed E-state index contributed by atoms with van der Waals surface area (Å²) in [5.74, 6) is 1.09. The van der Waals surface area contributed by atoms with E-state index in [4.69, 9.17) is 4.74 Å². The smallest absolute Gasteiger partial charge is 0.328 e. The lowest BCUT2D eigenvalue weighted by atomic mass is 10.1. The number of carbonyl (C=O) groups excluding carboxylic acids is 1. The molecule has 6 nitrogen and oxygen atoms in total. The van der Waals surface area contributed by atoms with Gasteiger partial charge in [0.05, 0.1) is 12.8 Å². The van der Waals surface area contributed by atoms with Crippen molar-refractivity contribution < 1.29 is 9.53 Å². The quantitative estimate of drug-likeness (QED) is 0.524. The number of aromatic nitrogens is 2. The summed E-state index contributed by atoms with van der Waals surface area (Å²) in [6, 6.07) is 19.4. The number of hydrogen-bond donors (Lipinski definition) is 2. The number of esters is 1. The normalized spacial score (nSPS) is 14.0. The van der Waals surface area contributed by atoms with Crippen LogP contribution in [0.3, 0.4) is 0 Å². The molecule has 1 heterocycles. The maximum absolute atomic E-state index is 12.3. The molecule has 1 aliphatic rings. The molecule has 0 amide bonds. The number of anilines is 2. The molecule has 6 heteroatoms. The van der Waals surface area contributed by atoms with Gasteiger partial charge in [-0.1, -0.05) is 42.5 Å². The Bertz CT molecular complexity index is 972. The van der Waals surface area contributed by atoms with Gasteiger partial charge < -0.3 is 15.4 Å². The molecule has 1 aliphatic carbocycles. The number of benzene rings is 2. The van der Waals surface area contributed by atoms with Crippen molar-refractivity contribution >= 4 is 17.5 Å². The van der Waals surface area contributed by atoms with Gasteiger partial charge in [-0.05, 0) is 36.5 Å². The van der Waals surface area contributed by atoms with Gasteiger partial charge in [-0.2, -0.15) is 0 Å². The first-order valence-corrected chi connectivity index (χ1v) is 10.3. The minimum absolute atomic E-state index is 0.329. The van der Waals surface area contributed by atoms with E-state index in [1.165, 1.54) is 26.3 Å². The molecule has 30 heavy (non-hydrogen) atoms. The average Bonchev–Trinajstić information content (AvgIpc) is 3.63. The molecular weight excluding hydrogens is 376 g/mol. The molecule has 2 aromatic carbocycles. The Hall–Kier alpha value is -3.41. The fraction of sp³-hybridized carbons (Fsp3) is 0.292. The molecule has 1 saturated carbocycles. The number of nitrogens with one attached hydrogen (secondary N) is 2. The summed E-state index contributed by atoms with van der Waals surface area (Å²) < 4.78 is 4.98. The third-order valence-corrected chi connectivity index (χ3v) is 5.23. The van der Waals surface area contributed by atoms with E-state index in [9.17, 15) is 4.79 Å². The van der Waals surface area contributed by atoms with Gasteiger partial charge in [-0.15, -0.1) is 0 Å². The van der Waals surface area contributed by atoms with E-state index in [0.717, 1.165) is 35.0 Å². The van der Waals surface area contributed by atoms with Gasteiger partial charge in [0, 0.05) is 30.3 Å². The number of rotatable bonds is 9. The Balaban J connectivity index is 1.46. The number of hydrogen-bond acceptors (Lipinski definition) is 6. The summed E-state index contributed by atoms with van der Waals surface area (Å²) in [7, 11) is 1.40. The first-order valence-electron chi connectivity index (χ1n) is 10.3. The fourth-order valence-electron chi connectivity index (χ4n) is 3.30. The van der Waals surface area contributed by atoms with E-state index in [1.54, 1.807) is 0 Å². The Morgan fingerprint density at radius 2 is 1.87 bits per heavy atom. The van der Waals surface area contributed by atoms with Crippen LogP contribution in [-0.2, 0) is 16.0 Å². The van der Waals surface area contributed by atoms with Gasteiger partial charge in [0.2, 0.25) is 0 Å². The van der Waals surface area contributed by atoms with Crippen molar-refractivity contribution in [1.82, 2.24) is 9.97 Å². The standard InChI is InChI=1S/C24H26N4O2/c1-30-24(29)22(13-17-5-3-2-4-6-17)28-23-14-21(26-16-27-23)19-9-11-20(12-10-19)25-15-18-7-8-18/h2-6,9-12,14,16,18,22,25H,7-8,13,15H2,1H3,(H,26,27,28). The number of methoxy groups -OCH3 is 1. The molecule has 1 unspecified atom stereocenters. The molecule has 2 N–H and O–H groups in total. The molecule has 0 radical (unpaired) electrons. The zero-order valence-corrected chi connectivity index (χ0v) is 17.0. The summed E-state index contributed by atoms with van der Waals surface area (Å²) in [6.45, 7) is 1.04. The highest BCUT2D eigenvalue weighted by Crippen LogP contribution is 2.29. The van der Waals surface area contributed by atoms with E-state index >= 15 is 0 Å². The molecule has 0 saturated heterocycles. The van der Waals surface area contributed by atoms with Gasteiger partial charge in [0.1, 0.15) is 18.2 Å². The maximum atomic E-state index is 12.3. The monoisotopic (exact) mass is 402 g/mol. The van der Waals surface area contributed by atoms with Crippen LogP contribution < -0.4 is 10.6 Å². The molecule has 154 valence electrons. The summed E-state index contributed by atoms with van der Waals surface area (Å²) in [4.78, 5) is 21.0. The average molecular weight is 402 g/mol. The summed E-state index contributed by atoms with van der Waals surface area (Å²) in [6.07, 6.45) is 4.68. The van der Waals surface area contributed by atoms with E-state index in [-0.39, 0.29) is 5.97 Å². The van der Waals surface area contributed by atoms with Gasteiger partial charge in [-0.3, -0.25) is 0 Å². The molecule has 0 spiro atoms. The van der Waals surface area contributed by atoms with E-state index in [0.29, 0.717) is 12.2 Å². The lowest BCUT2D eigenvalue weighted by molar-refractivity contribution is -0.141. The van der Waals surface area contributed by atoms with E-state index in [1.807, 2.05) is 48.5 Å². The minimum Gasteiger partial charge on any atom is -0.467 e. The third kappa shape index (κ3) is 5.35. The number of ether oxygens (including phenoxy) is 1. The van der Waals surface area contributed by atoms with Gasteiger partial charge in [-0.25, -0.2) is 14.8 Å². The lowest BCUT2D eigenvalue weighted by Crippen LogP contribution is -2.33. The molecule has 1 atom stereocenters. The summed E-state index contributed by atoms with van der Waals surface area (Å²) in [5.41, 5.74) is 3.95. The second-order valence-corrected chi connectivity index (χ2v) is 7.60. The Labute approximate surface area is 176 Å². The second kappa shape index (κ2) is 9.39. The van der Waals surface area contributed by atoms with Crippen LogP contribution in [0.25, 0.3) is 11.3 Å². The van der Waals surface area contributed by atoms with Crippen molar-refractivity contribution in [3.05, 3.63) is 72.6 Å². The van der Waals surface area contributed by atoms with E-state index < -0.39 is 6.04 Å². The van der Waals surface area contributed by atoms with Crippen LogP contribution >= 0.6 is 0 Å². The van der Waals surface area contributed by atoms with Crippen molar-refractivity contribution in [1.29, 1.82) is 0 Å². The van der Waals surface area contributed by atoms with E-state index in [2.05, 4.69) is 32.7 Å². The molecular formula is C24H26N4O2. The number of carbonyl (C=O) groups is 1. The Morgan fingerprint density at radius 1 is 1.10 bits per heavy atom. The summed E-state index contributed by atoms with van der Waals surface area (Å²) >= 11 is 0. The van der Waals surface area contributed by atoms with Crippen molar-refractivity contribution in [2.75, 3.05) is 24.3 Å². The van der Waals surface area contributed by atoms with Crippen LogP contribution in [0, 0.1) is 5.92 Å². The van der Waals surface area contributed by atoms with Crippen molar-refractivity contribution in [2.45, 2.75) is 25.3 Å². The summed E-state index contributed by atoms with van der Waals surface area (Å²) in [5, 5.41) is 6.67. The van der Waals surface area contributed by atoms with Crippen LogP contribution in [0.1, 0.15) is 18.4 Å². The Kier molecular flexibility index (Phi) is 6.23. The van der Waals surface area contributed by atoms with Crippen LogP contribution in [0.5, 0.6) is 0 Å². The minimum atomic E-state index is -0.533. The topological polar surface area (TPSA) is 76.1 Å². The predicted molar refractivity (Wildman–Crippen MR) is 118 cm³/mol. The van der Waals surface area contributed by atoms with Crippen LogP contribution in [0.15, 0.2) is 67.0 Å². The highest BCUT2D eigenvalue weighted by molar-refractivity contribution is 5.79. The highest BCUT2D eigenvalue weighted by atomic mass is 16.5. The molecule has 4 rings (SSSR count). The molecule has 1 aromatic heterocycles. The second-order valence-electron chi connectivity index (χ2n) is 7.60.